The molecule has 0 atom stereocenters. The Morgan fingerprint density at radius 1 is 1.18 bits per heavy atom. The number of aliphatic hydroxyl groups is 1. The maximum atomic E-state index is 13.1. The van der Waals surface area contributed by atoms with E-state index in [1.165, 1.54) is 0 Å². The van der Waals surface area contributed by atoms with Crippen LogP contribution in [0.25, 0.3) is 0 Å². The molecule has 1 aromatic rings. The summed E-state index contributed by atoms with van der Waals surface area (Å²) in [7, 11) is 0. The summed E-state index contributed by atoms with van der Waals surface area (Å²) < 4.78 is 26.0. The van der Waals surface area contributed by atoms with Gasteiger partial charge in [-0.2, -0.15) is 0 Å². The number of amides is 2. The van der Waals surface area contributed by atoms with Gasteiger partial charge in [0.05, 0.1) is 16.3 Å². The maximum absolute atomic E-state index is 13.1. The van der Waals surface area contributed by atoms with Crippen molar-refractivity contribution in [3.05, 3.63) is 28.8 Å². The van der Waals surface area contributed by atoms with Gasteiger partial charge in [-0.1, -0.05) is 24.4 Å². The van der Waals surface area contributed by atoms with Gasteiger partial charge in [0.15, 0.2) is 11.6 Å². The molecule has 0 bridgehead atoms. The molecule has 0 unspecified atom stereocenters. The number of carbonyl (C=O) groups is 2. The highest BCUT2D eigenvalue weighted by molar-refractivity contribution is 6.41. The minimum Gasteiger partial charge on any atom is -0.388 e. The second kappa shape index (κ2) is 6.58. The highest BCUT2D eigenvalue weighted by Gasteiger charge is 2.32. The van der Waals surface area contributed by atoms with Crippen molar-refractivity contribution in [2.75, 3.05) is 11.9 Å². The number of nitrogens with one attached hydrogen (secondary N) is 2. The summed E-state index contributed by atoms with van der Waals surface area (Å²) in [5.74, 6) is -4.41. The minimum absolute atomic E-state index is 0.0369. The summed E-state index contributed by atoms with van der Waals surface area (Å²) in [6.07, 6.45) is 2.85. The lowest BCUT2D eigenvalue weighted by molar-refractivity contribution is -0.136. The monoisotopic (exact) mass is 332 g/mol. The van der Waals surface area contributed by atoms with Gasteiger partial charge < -0.3 is 15.7 Å². The van der Waals surface area contributed by atoms with Crippen LogP contribution in [0.2, 0.25) is 5.02 Å². The van der Waals surface area contributed by atoms with E-state index in [0.29, 0.717) is 25.0 Å². The van der Waals surface area contributed by atoms with Crippen LogP contribution >= 0.6 is 11.6 Å². The van der Waals surface area contributed by atoms with Gasteiger partial charge in [0.2, 0.25) is 0 Å². The Labute approximate surface area is 130 Å². The lowest BCUT2D eigenvalue weighted by Gasteiger charge is -2.22. The Bertz CT molecular complexity index is 604. The van der Waals surface area contributed by atoms with Crippen molar-refractivity contribution in [3.63, 3.8) is 0 Å². The average molecular weight is 333 g/mol. The molecule has 0 aliphatic heterocycles. The number of rotatable bonds is 3. The van der Waals surface area contributed by atoms with E-state index in [1.54, 1.807) is 0 Å². The first kappa shape index (κ1) is 16.6. The van der Waals surface area contributed by atoms with E-state index in [0.717, 1.165) is 12.8 Å². The molecule has 0 heterocycles. The third-order valence-corrected chi connectivity index (χ3v) is 3.89. The Morgan fingerprint density at radius 3 is 2.41 bits per heavy atom. The Balaban J connectivity index is 1.94. The molecule has 2 rings (SSSR count). The normalized spacial score (nSPS) is 16.4. The molecule has 1 fully saturated rings. The van der Waals surface area contributed by atoms with Crippen LogP contribution in [-0.2, 0) is 9.59 Å². The summed E-state index contributed by atoms with van der Waals surface area (Å²) in [5, 5.41) is 14.2. The lowest BCUT2D eigenvalue weighted by atomic mass is 10.0. The molecule has 0 spiro atoms. The first-order valence-electron chi connectivity index (χ1n) is 6.77. The van der Waals surface area contributed by atoms with E-state index in [9.17, 15) is 23.5 Å². The number of hydrogen-bond acceptors (Lipinski definition) is 3. The van der Waals surface area contributed by atoms with Gasteiger partial charge in [0, 0.05) is 12.6 Å². The van der Waals surface area contributed by atoms with Gasteiger partial charge in [0.1, 0.15) is 0 Å². The predicted molar refractivity (Wildman–Crippen MR) is 76.4 cm³/mol. The van der Waals surface area contributed by atoms with Crippen molar-refractivity contribution in [2.24, 2.45) is 0 Å². The molecule has 0 saturated heterocycles. The van der Waals surface area contributed by atoms with Crippen molar-refractivity contribution < 1.29 is 23.5 Å². The topological polar surface area (TPSA) is 78.4 Å². The Kier molecular flexibility index (Phi) is 4.97. The molecule has 120 valence electrons. The zero-order valence-corrected chi connectivity index (χ0v) is 12.3. The largest absolute Gasteiger partial charge is 0.388 e. The van der Waals surface area contributed by atoms with Crippen molar-refractivity contribution in [3.8, 4) is 0 Å². The number of benzene rings is 1. The Morgan fingerprint density at radius 2 is 1.77 bits per heavy atom. The van der Waals surface area contributed by atoms with E-state index in [-0.39, 0.29) is 17.3 Å². The van der Waals surface area contributed by atoms with Crippen molar-refractivity contribution in [1.29, 1.82) is 0 Å². The second-order valence-corrected chi connectivity index (χ2v) is 5.72. The standard InChI is InChI=1S/C14H15ClF2N2O3/c15-8-5-9(16)10(17)6-11(8)19-13(21)12(20)18-7-14(22)3-1-2-4-14/h5-6,22H,1-4,7H2,(H,18,20)(H,19,21). The van der Waals surface area contributed by atoms with Gasteiger partial charge in [-0.25, -0.2) is 8.78 Å². The number of hydrogen-bond donors (Lipinski definition) is 3. The van der Waals surface area contributed by atoms with E-state index in [4.69, 9.17) is 11.6 Å². The summed E-state index contributed by atoms with van der Waals surface area (Å²) in [5.41, 5.74) is -1.20. The van der Waals surface area contributed by atoms with Gasteiger partial charge >= 0.3 is 11.8 Å². The highest BCUT2D eigenvalue weighted by Crippen LogP contribution is 2.28. The fourth-order valence-corrected chi connectivity index (χ4v) is 2.53. The molecule has 1 saturated carbocycles. The second-order valence-electron chi connectivity index (χ2n) is 5.31. The quantitative estimate of drug-likeness (QED) is 0.585. The van der Waals surface area contributed by atoms with Crippen LogP contribution in [0.3, 0.4) is 0 Å². The van der Waals surface area contributed by atoms with E-state index in [1.807, 2.05) is 0 Å². The van der Waals surface area contributed by atoms with Crippen LogP contribution in [0.4, 0.5) is 14.5 Å². The molecule has 1 aromatic carbocycles. The van der Waals surface area contributed by atoms with Crippen molar-refractivity contribution >= 4 is 29.1 Å². The first-order chi connectivity index (χ1) is 10.3. The number of anilines is 1. The van der Waals surface area contributed by atoms with Crippen molar-refractivity contribution in [1.82, 2.24) is 5.32 Å². The molecule has 1 aliphatic carbocycles. The molecule has 22 heavy (non-hydrogen) atoms. The molecular formula is C14H15ClF2N2O3. The third kappa shape index (κ3) is 3.92. The van der Waals surface area contributed by atoms with E-state index >= 15 is 0 Å². The molecule has 3 N–H and O–H groups in total. The molecule has 2 amide bonds. The molecule has 0 aromatic heterocycles. The van der Waals surface area contributed by atoms with Crippen LogP contribution in [0.1, 0.15) is 25.7 Å². The zero-order chi connectivity index (χ0) is 16.3. The zero-order valence-electron chi connectivity index (χ0n) is 11.6. The highest BCUT2D eigenvalue weighted by atomic mass is 35.5. The van der Waals surface area contributed by atoms with E-state index < -0.39 is 29.0 Å². The first-order valence-corrected chi connectivity index (χ1v) is 7.15. The lowest BCUT2D eigenvalue weighted by Crippen LogP contribution is -2.44. The maximum Gasteiger partial charge on any atom is 0.313 e. The summed E-state index contributed by atoms with van der Waals surface area (Å²) in [6.45, 7) is -0.0369. The summed E-state index contributed by atoms with van der Waals surface area (Å²) >= 11 is 5.66. The molecule has 8 heteroatoms. The van der Waals surface area contributed by atoms with Crippen LogP contribution in [0.5, 0.6) is 0 Å². The van der Waals surface area contributed by atoms with Crippen LogP contribution < -0.4 is 10.6 Å². The minimum atomic E-state index is -1.19. The van der Waals surface area contributed by atoms with Gasteiger partial charge in [-0.15, -0.1) is 0 Å². The number of carbonyl (C=O) groups excluding carboxylic acids is 2. The third-order valence-electron chi connectivity index (χ3n) is 3.58. The fourth-order valence-electron chi connectivity index (χ4n) is 2.33. The molecule has 5 nitrogen and oxygen atoms in total. The van der Waals surface area contributed by atoms with Crippen LogP contribution in [0.15, 0.2) is 12.1 Å². The molecule has 0 radical (unpaired) electrons. The van der Waals surface area contributed by atoms with Gasteiger partial charge in [-0.3, -0.25) is 9.59 Å². The smallest absolute Gasteiger partial charge is 0.313 e. The molecular weight excluding hydrogens is 318 g/mol. The summed E-state index contributed by atoms with van der Waals surface area (Å²) in [6, 6.07) is 1.39. The number of halogens is 3. The van der Waals surface area contributed by atoms with Gasteiger partial charge in [0.25, 0.3) is 0 Å². The van der Waals surface area contributed by atoms with E-state index in [2.05, 4.69) is 10.6 Å². The predicted octanol–water partition coefficient (Wildman–Crippen LogP) is 1.98. The van der Waals surface area contributed by atoms with Crippen LogP contribution in [0, 0.1) is 11.6 Å². The Hall–Kier alpha value is -1.73. The van der Waals surface area contributed by atoms with Crippen LogP contribution in [-0.4, -0.2) is 29.1 Å². The summed E-state index contributed by atoms with van der Waals surface area (Å²) in [4.78, 5) is 23.4. The van der Waals surface area contributed by atoms with Crippen molar-refractivity contribution in [2.45, 2.75) is 31.3 Å². The SMILES string of the molecule is O=C(NCC1(O)CCCC1)C(=O)Nc1cc(F)c(F)cc1Cl. The average Bonchev–Trinajstić information content (AvgIpc) is 2.89. The fraction of sp³-hybridized carbons (Fsp3) is 0.429. The van der Waals surface area contributed by atoms with Gasteiger partial charge in [-0.05, 0) is 18.9 Å². The molecule has 1 aliphatic rings.